The number of carbonyl (C=O) groups excluding carboxylic acids is 1. The lowest BCUT2D eigenvalue weighted by Gasteiger charge is -2.06. The molecule has 4 aromatic rings. The fourth-order valence-corrected chi connectivity index (χ4v) is 3.45. The van der Waals surface area contributed by atoms with Gasteiger partial charge in [-0.05, 0) is 24.5 Å². The van der Waals surface area contributed by atoms with Gasteiger partial charge in [-0.2, -0.15) is 9.61 Å². The average molecular weight is 391 g/mol. The minimum absolute atomic E-state index is 0.200. The van der Waals surface area contributed by atoms with Crippen LogP contribution in [0.5, 0.6) is 0 Å². The van der Waals surface area contributed by atoms with E-state index in [0.717, 1.165) is 52.3 Å². The van der Waals surface area contributed by atoms with Gasteiger partial charge in [-0.3, -0.25) is 9.63 Å². The molecule has 1 aliphatic rings. The Morgan fingerprint density at radius 3 is 2.97 bits per heavy atom. The number of benzene rings is 1. The van der Waals surface area contributed by atoms with Crippen LogP contribution in [0.3, 0.4) is 0 Å². The molecule has 5 rings (SSSR count). The molecule has 0 saturated heterocycles. The molecule has 9 nitrogen and oxygen atoms in total. The number of fused-ring (bicyclic) bond motifs is 3. The first-order valence-corrected chi connectivity index (χ1v) is 9.51. The zero-order valence-electron chi connectivity index (χ0n) is 16.2. The highest BCUT2D eigenvalue weighted by molar-refractivity contribution is 5.87. The van der Waals surface area contributed by atoms with Crippen LogP contribution in [0.1, 0.15) is 18.4 Å². The molecule has 0 spiro atoms. The number of nitrogens with one attached hydrogen (secondary N) is 2. The molecule has 0 bridgehead atoms. The number of nitrogens with zero attached hydrogens (tertiary/aromatic N) is 5. The summed E-state index contributed by atoms with van der Waals surface area (Å²) in [5, 5.41) is 8.25. The van der Waals surface area contributed by atoms with Crippen LogP contribution in [-0.2, 0) is 23.1 Å². The van der Waals surface area contributed by atoms with Crippen molar-refractivity contribution in [3.63, 3.8) is 0 Å². The van der Waals surface area contributed by atoms with Gasteiger partial charge in [0.25, 0.3) is 0 Å². The minimum Gasteiger partial charge on any atom is -0.365 e. The molecule has 148 valence electrons. The Balaban J connectivity index is 1.57. The van der Waals surface area contributed by atoms with Crippen molar-refractivity contribution in [3.8, 4) is 11.3 Å². The van der Waals surface area contributed by atoms with Crippen molar-refractivity contribution in [2.45, 2.75) is 25.3 Å². The fourth-order valence-electron chi connectivity index (χ4n) is 3.45. The summed E-state index contributed by atoms with van der Waals surface area (Å²) in [6.07, 6.45) is 4.33. The molecule has 1 fully saturated rings. The van der Waals surface area contributed by atoms with Crippen molar-refractivity contribution < 1.29 is 9.63 Å². The first kappa shape index (κ1) is 17.6. The topological polar surface area (TPSA) is 98.4 Å². The third kappa shape index (κ3) is 3.29. The van der Waals surface area contributed by atoms with Crippen molar-refractivity contribution in [1.29, 1.82) is 0 Å². The van der Waals surface area contributed by atoms with Gasteiger partial charge < -0.3 is 9.88 Å². The zero-order chi connectivity index (χ0) is 20.0. The van der Waals surface area contributed by atoms with Gasteiger partial charge in [0, 0.05) is 24.7 Å². The quantitative estimate of drug-likeness (QED) is 0.488. The Labute approximate surface area is 166 Å². The van der Waals surface area contributed by atoms with Crippen LogP contribution in [0.4, 0.5) is 5.82 Å². The molecular formula is C20H21N7O2. The molecule has 2 N–H and O–H groups in total. The number of aryl methyl sites for hydroxylation is 1. The molecule has 29 heavy (non-hydrogen) atoms. The summed E-state index contributed by atoms with van der Waals surface area (Å²) in [7, 11) is 3.37. The van der Waals surface area contributed by atoms with Gasteiger partial charge in [-0.15, -0.1) is 0 Å². The first-order chi connectivity index (χ1) is 14.1. The van der Waals surface area contributed by atoms with E-state index in [1.165, 1.54) is 7.11 Å². The van der Waals surface area contributed by atoms with Gasteiger partial charge in [0.2, 0.25) is 5.91 Å². The Hall–Kier alpha value is -3.46. The predicted molar refractivity (Wildman–Crippen MR) is 108 cm³/mol. The third-order valence-corrected chi connectivity index (χ3v) is 4.97. The first-order valence-electron chi connectivity index (χ1n) is 9.51. The van der Waals surface area contributed by atoms with Gasteiger partial charge in [0.1, 0.15) is 0 Å². The molecule has 3 aromatic heterocycles. The van der Waals surface area contributed by atoms with E-state index >= 15 is 0 Å². The van der Waals surface area contributed by atoms with Crippen LogP contribution in [0, 0.1) is 0 Å². The highest BCUT2D eigenvalue weighted by Gasteiger charge is 2.24. The third-order valence-electron chi connectivity index (χ3n) is 4.97. The fraction of sp³-hybridized carbons (Fsp3) is 0.300. The zero-order valence-corrected chi connectivity index (χ0v) is 16.2. The molecule has 9 heteroatoms. The number of imidazole rings is 1. The van der Waals surface area contributed by atoms with Gasteiger partial charge in [0.15, 0.2) is 22.6 Å². The van der Waals surface area contributed by atoms with E-state index in [1.54, 1.807) is 6.33 Å². The maximum absolute atomic E-state index is 11.8. The second-order valence-electron chi connectivity index (χ2n) is 7.31. The summed E-state index contributed by atoms with van der Waals surface area (Å²) in [6.45, 7) is 0. The minimum atomic E-state index is -0.200. The van der Waals surface area contributed by atoms with Crippen molar-refractivity contribution >= 4 is 28.5 Å². The molecule has 1 aliphatic carbocycles. The average Bonchev–Trinajstić information content (AvgIpc) is 3.27. The van der Waals surface area contributed by atoms with Crippen LogP contribution >= 0.6 is 0 Å². The smallest absolute Gasteiger partial charge is 0.247 e. The summed E-state index contributed by atoms with van der Waals surface area (Å²) in [6, 6.07) is 10.2. The van der Waals surface area contributed by atoms with Crippen molar-refractivity contribution in [1.82, 2.24) is 29.6 Å². The maximum Gasteiger partial charge on any atom is 0.247 e. The standard InChI is InChI=1S/C20H21N7O2/c1-26-11-21-18-19(22-14-6-7-14)23-16-10-15(24-27(16)20(18)26)13-5-3-4-12(8-13)9-17(28)25-29-2/h3-5,8,10-11,14H,6-7,9H2,1-2H3,(H,22,23)(H,25,28). The van der Waals surface area contributed by atoms with E-state index in [0.29, 0.717) is 6.04 Å². The summed E-state index contributed by atoms with van der Waals surface area (Å²) < 4.78 is 3.77. The summed E-state index contributed by atoms with van der Waals surface area (Å²) in [4.78, 5) is 25.8. The molecular weight excluding hydrogens is 370 g/mol. The summed E-state index contributed by atoms with van der Waals surface area (Å²) in [5.41, 5.74) is 7.38. The molecule has 1 amide bonds. The van der Waals surface area contributed by atoms with Crippen LogP contribution in [0.15, 0.2) is 36.7 Å². The number of hydrogen-bond donors (Lipinski definition) is 2. The molecule has 0 unspecified atom stereocenters. The number of hydrogen-bond acceptors (Lipinski definition) is 6. The number of anilines is 1. The van der Waals surface area contributed by atoms with Gasteiger partial charge >= 0.3 is 0 Å². The maximum atomic E-state index is 11.8. The van der Waals surface area contributed by atoms with E-state index < -0.39 is 0 Å². The van der Waals surface area contributed by atoms with E-state index in [2.05, 4.69) is 20.6 Å². The highest BCUT2D eigenvalue weighted by Crippen LogP contribution is 2.30. The monoisotopic (exact) mass is 391 g/mol. The number of amides is 1. The SMILES string of the molecule is CONC(=O)Cc1cccc(-c2cc3nc(NC4CC4)c4ncn(C)c4n3n2)c1. The second-order valence-corrected chi connectivity index (χ2v) is 7.31. The van der Waals surface area contributed by atoms with Gasteiger partial charge in [-0.1, -0.05) is 18.2 Å². The normalized spacial score (nSPS) is 13.9. The van der Waals surface area contributed by atoms with Crippen LogP contribution in [-0.4, -0.2) is 43.2 Å². The Kier molecular flexibility index (Phi) is 4.17. The lowest BCUT2D eigenvalue weighted by atomic mass is 10.1. The lowest BCUT2D eigenvalue weighted by Crippen LogP contribution is -2.23. The second kappa shape index (κ2) is 6.85. The number of hydroxylamine groups is 1. The summed E-state index contributed by atoms with van der Waals surface area (Å²) >= 11 is 0. The van der Waals surface area contributed by atoms with Crippen LogP contribution in [0.2, 0.25) is 0 Å². The number of aromatic nitrogens is 5. The van der Waals surface area contributed by atoms with Crippen molar-refractivity contribution in [2.24, 2.45) is 7.05 Å². The largest absolute Gasteiger partial charge is 0.365 e. The molecule has 1 aromatic carbocycles. The number of rotatable bonds is 6. The van der Waals surface area contributed by atoms with Crippen molar-refractivity contribution in [2.75, 3.05) is 12.4 Å². The van der Waals surface area contributed by atoms with Gasteiger partial charge in [0.05, 0.1) is 25.6 Å². The van der Waals surface area contributed by atoms with E-state index in [1.807, 2.05) is 46.5 Å². The van der Waals surface area contributed by atoms with E-state index in [-0.39, 0.29) is 12.3 Å². The molecule has 0 atom stereocenters. The highest BCUT2D eigenvalue weighted by atomic mass is 16.6. The van der Waals surface area contributed by atoms with Crippen LogP contribution < -0.4 is 10.8 Å². The molecule has 3 heterocycles. The predicted octanol–water partition coefficient (Wildman–Crippen LogP) is 2.08. The Bertz CT molecular complexity index is 1220. The van der Waals surface area contributed by atoms with Gasteiger partial charge in [-0.25, -0.2) is 15.4 Å². The van der Waals surface area contributed by atoms with E-state index in [9.17, 15) is 4.79 Å². The Morgan fingerprint density at radius 1 is 1.31 bits per heavy atom. The molecule has 0 aliphatic heterocycles. The van der Waals surface area contributed by atoms with Crippen molar-refractivity contribution in [3.05, 3.63) is 42.2 Å². The molecule has 0 radical (unpaired) electrons. The van der Waals surface area contributed by atoms with E-state index in [4.69, 9.17) is 10.1 Å². The van der Waals surface area contributed by atoms with Crippen LogP contribution in [0.25, 0.3) is 28.1 Å². The molecule has 1 saturated carbocycles. The number of carbonyl (C=O) groups is 1. The summed E-state index contributed by atoms with van der Waals surface area (Å²) in [5.74, 6) is 0.598. The lowest BCUT2D eigenvalue weighted by molar-refractivity contribution is -0.130. The Morgan fingerprint density at radius 2 is 2.17 bits per heavy atom.